The number of amides is 1. The Morgan fingerprint density at radius 1 is 1.12 bits per heavy atom. The van der Waals surface area contributed by atoms with E-state index in [9.17, 15) is 4.79 Å². The van der Waals surface area contributed by atoms with Crippen LogP contribution in [0.5, 0.6) is 0 Å². The zero-order valence-electron chi connectivity index (χ0n) is 16.2. The molecule has 2 atom stereocenters. The van der Waals surface area contributed by atoms with E-state index in [1.165, 1.54) is 57.1 Å². The van der Waals surface area contributed by atoms with Crippen LogP contribution < -0.4 is 5.32 Å². The molecule has 2 aliphatic rings. The molecule has 0 bridgehead atoms. The fourth-order valence-corrected chi connectivity index (χ4v) is 4.68. The van der Waals surface area contributed by atoms with Crippen molar-refractivity contribution in [2.45, 2.75) is 70.3 Å². The Balaban J connectivity index is 0.00000243. The van der Waals surface area contributed by atoms with E-state index in [-0.39, 0.29) is 24.2 Å². The summed E-state index contributed by atoms with van der Waals surface area (Å²) < 4.78 is 0. The van der Waals surface area contributed by atoms with E-state index < -0.39 is 0 Å². The number of carbonyl (C=O) groups is 1. The van der Waals surface area contributed by atoms with Gasteiger partial charge in [0, 0.05) is 19.1 Å². The quantitative estimate of drug-likeness (QED) is 0.693. The van der Waals surface area contributed by atoms with Gasteiger partial charge in [-0.15, -0.1) is 12.4 Å². The molecule has 3 rings (SSSR count). The van der Waals surface area contributed by atoms with Gasteiger partial charge in [0.1, 0.15) is 0 Å². The van der Waals surface area contributed by atoms with E-state index in [0.717, 1.165) is 19.5 Å². The Kier molecular flexibility index (Phi) is 8.94. The van der Waals surface area contributed by atoms with Crippen molar-refractivity contribution in [3.8, 4) is 0 Å². The van der Waals surface area contributed by atoms with Crippen molar-refractivity contribution in [3.63, 3.8) is 0 Å². The van der Waals surface area contributed by atoms with Gasteiger partial charge in [-0.1, -0.05) is 49.6 Å². The van der Waals surface area contributed by atoms with Crippen molar-refractivity contribution in [1.29, 1.82) is 0 Å². The fourth-order valence-electron chi connectivity index (χ4n) is 4.68. The number of hydrogen-bond acceptors (Lipinski definition) is 2. The first-order chi connectivity index (χ1) is 12.3. The van der Waals surface area contributed by atoms with Gasteiger partial charge in [-0.3, -0.25) is 4.79 Å². The topological polar surface area (TPSA) is 32.3 Å². The highest BCUT2D eigenvalue weighted by Gasteiger charge is 2.31. The molecular weight excluding hydrogens is 344 g/mol. The molecular formula is C22H35ClN2O. The molecule has 0 radical (unpaired) electrons. The molecule has 1 heterocycles. The summed E-state index contributed by atoms with van der Waals surface area (Å²) in [6, 6.07) is 11.1. The van der Waals surface area contributed by atoms with E-state index in [2.05, 4.69) is 41.4 Å². The van der Waals surface area contributed by atoms with Crippen molar-refractivity contribution in [2.24, 2.45) is 5.92 Å². The lowest BCUT2D eigenvalue weighted by atomic mass is 9.84. The zero-order chi connectivity index (χ0) is 17.5. The van der Waals surface area contributed by atoms with Crippen molar-refractivity contribution in [2.75, 3.05) is 19.6 Å². The van der Waals surface area contributed by atoms with E-state index in [1.807, 2.05) is 6.07 Å². The Labute approximate surface area is 165 Å². The highest BCUT2D eigenvalue weighted by atomic mass is 35.5. The third-order valence-corrected chi connectivity index (χ3v) is 6.17. The average Bonchev–Trinajstić information content (AvgIpc) is 3.15. The Morgan fingerprint density at radius 3 is 2.50 bits per heavy atom. The normalized spacial score (nSPS) is 22.6. The lowest BCUT2D eigenvalue weighted by molar-refractivity contribution is -0.123. The van der Waals surface area contributed by atoms with Gasteiger partial charge in [-0.25, -0.2) is 0 Å². The van der Waals surface area contributed by atoms with E-state index in [1.54, 1.807) is 0 Å². The summed E-state index contributed by atoms with van der Waals surface area (Å²) in [4.78, 5) is 15.5. The Hall–Kier alpha value is -1.06. The number of nitrogens with zero attached hydrogens (tertiary/aromatic N) is 1. The number of rotatable bonds is 7. The van der Waals surface area contributed by atoms with Crippen LogP contribution in [0.4, 0.5) is 0 Å². The van der Waals surface area contributed by atoms with E-state index in [0.29, 0.717) is 12.0 Å². The minimum Gasteiger partial charge on any atom is -0.356 e. The van der Waals surface area contributed by atoms with Gasteiger partial charge in [-0.05, 0) is 57.1 Å². The second-order valence-electron chi connectivity index (χ2n) is 7.96. The van der Waals surface area contributed by atoms with Crippen LogP contribution in [0, 0.1) is 5.92 Å². The van der Waals surface area contributed by atoms with Gasteiger partial charge in [-0.2, -0.15) is 0 Å². The van der Waals surface area contributed by atoms with Crippen LogP contribution in [0.1, 0.15) is 69.8 Å². The van der Waals surface area contributed by atoms with Crippen LogP contribution in [-0.2, 0) is 4.79 Å². The molecule has 26 heavy (non-hydrogen) atoms. The molecule has 1 saturated carbocycles. The van der Waals surface area contributed by atoms with Crippen molar-refractivity contribution in [1.82, 2.24) is 10.2 Å². The van der Waals surface area contributed by atoms with Gasteiger partial charge < -0.3 is 10.2 Å². The molecule has 2 fully saturated rings. The largest absolute Gasteiger partial charge is 0.356 e. The summed E-state index contributed by atoms with van der Waals surface area (Å²) >= 11 is 0. The number of benzene rings is 1. The smallest absolute Gasteiger partial charge is 0.227 e. The number of piperidine rings is 1. The Morgan fingerprint density at radius 2 is 1.81 bits per heavy atom. The predicted octanol–water partition coefficient (Wildman–Crippen LogP) is 4.76. The highest BCUT2D eigenvalue weighted by Crippen LogP contribution is 2.37. The standard InChI is InChI=1S/C22H34N2O.ClH/c1-18-10-7-8-16-24(18)17-9-15-23-22(25)21(20-13-5-6-14-20)19-11-3-2-4-12-19;/h2-4,11-12,18,20-21H,5-10,13-17H2,1H3,(H,23,25);1H. The fraction of sp³-hybridized carbons (Fsp3) is 0.682. The first kappa shape index (κ1) is 21.2. The van der Waals surface area contributed by atoms with Gasteiger partial charge >= 0.3 is 0 Å². The van der Waals surface area contributed by atoms with Crippen LogP contribution in [0.2, 0.25) is 0 Å². The monoisotopic (exact) mass is 378 g/mol. The first-order valence-corrected chi connectivity index (χ1v) is 10.3. The third-order valence-electron chi connectivity index (χ3n) is 6.17. The van der Waals surface area contributed by atoms with Crippen molar-refractivity contribution >= 4 is 18.3 Å². The molecule has 0 spiro atoms. The molecule has 4 heteroatoms. The molecule has 1 amide bonds. The minimum atomic E-state index is 0. The molecule has 1 aliphatic heterocycles. The maximum Gasteiger partial charge on any atom is 0.227 e. The second kappa shape index (κ2) is 10.9. The first-order valence-electron chi connectivity index (χ1n) is 10.3. The molecule has 146 valence electrons. The molecule has 1 aromatic carbocycles. The lowest BCUT2D eigenvalue weighted by Crippen LogP contribution is -2.40. The van der Waals surface area contributed by atoms with Crippen molar-refractivity contribution in [3.05, 3.63) is 35.9 Å². The summed E-state index contributed by atoms with van der Waals surface area (Å²) in [6.07, 6.45) is 10.0. The second-order valence-corrected chi connectivity index (χ2v) is 7.96. The van der Waals surface area contributed by atoms with Gasteiger partial charge in [0.25, 0.3) is 0 Å². The molecule has 1 aliphatic carbocycles. The predicted molar refractivity (Wildman–Crippen MR) is 111 cm³/mol. The van der Waals surface area contributed by atoms with Crippen LogP contribution >= 0.6 is 12.4 Å². The van der Waals surface area contributed by atoms with Gasteiger partial charge in [0.15, 0.2) is 0 Å². The summed E-state index contributed by atoms with van der Waals surface area (Å²) in [6.45, 7) is 5.48. The van der Waals surface area contributed by atoms with E-state index >= 15 is 0 Å². The number of likely N-dealkylation sites (tertiary alicyclic amines) is 1. The number of nitrogens with one attached hydrogen (secondary N) is 1. The molecule has 1 saturated heterocycles. The highest BCUT2D eigenvalue weighted by molar-refractivity contribution is 5.85. The minimum absolute atomic E-state index is 0. The number of carbonyl (C=O) groups excluding carboxylic acids is 1. The van der Waals surface area contributed by atoms with Crippen LogP contribution in [-0.4, -0.2) is 36.5 Å². The van der Waals surface area contributed by atoms with Gasteiger partial charge in [0.05, 0.1) is 5.92 Å². The van der Waals surface area contributed by atoms with Crippen LogP contribution in [0.25, 0.3) is 0 Å². The third kappa shape index (κ3) is 5.72. The van der Waals surface area contributed by atoms with Crippen molar-refractivity contribution < 1.29 is 4.79 Å². The lowest BCUT2D eigenvalue weighted by Gasteiger charge is -2.33. The maximum absolute atomic E-state index is 12.9. The molecule has 1 N–H and O–H groups in total. The average molecular weight is 379 g/mol. The maximum atomic E-state index is 12.9. The molecule has 0 aromatic heterocycles. The SMILES string of the molecule is CC1CCCCN1CCCNC(=O)C(c1ccccc1)C1CCCC1.Cl. The molecule has 1 aromatic rings. The van der Waals surface area contributed by atoms with Gasteiger partial charge in [0.2, 0.25) is 5.91 Å². The molecule has 3 nitrogen and oxygen atoms in total. The Bertz CT molecular complexity index is 530. The summed E-state index contributed by atoms with van der Waals surface area (Å²) in [5, 5.41) is 3.25. The van der Waals surface area contributed by atoms with E-state index in [4.69, 9.17) is 0 Å². The van der Waals surface area contributed by atoms with Crippen LogP contribution in [0.15, 0.2) is 30.3 Å². The number of hydrogen-bond donors (Lipinski definition) is 1. The molecule has 2 unspecified atom stereocenters. The summed E-state index contributed by atoms with van der Waals surface area (Å²) in [5.74, 6) is 0.798. The summed E-state index contributed by atoms with van der Waals surface area (Å²) in [7, 11) is 0. The number of halogens is 1. The zero-order valence-corrected chi connectivity index (χ0v) is 17.0. The van der Waals surface area contributed by atoms with Crippen LogP contribution in [0.3, 0.4) is 0 Å². The summed E-state index contributed by atoms with van der Waals surface area (Å²) in [5.41, 5.74) is 1.19.